The third kappa shape index (κ3) is 4.35. The molecule has 0 spiro atoms. The zero-order valence-electron chi connectivity index (χ0n) is 14.1. The molecule has 6 heteroatoms. The number of hydrogen-bond donors (Lipinski definition) is 1. The fourth-order valence-corrected chi connectivity index (χ4v) is 3.15. The SMILES string of the molecule is CCC(F)(CC)C(=O)Nc1ccc(C(=O)N2CCC(Br)CC2)cc1. The first-order valence-electron chi connectivity index (χ1n) is 8.43. The van der Waals surface area contributed by atoms with Crippen LogP contribution in [-0.2, 0) is 4.79 Å². The largest absolute Gasteiger partial charge is 0.339 e. The van der Waals surface area contributed by atoms with Gasteiger partial charge in [0.15, 0.2) is 5.67 Å². The average molecular weight is 399 g/mol. The first-order valence-corrected chi connectivity index (χ1v) is 9.35. The number of rotatable bonds is 5. The van der Waals surface area contributed by atoms with Crippen molar-refractivity contribution in [1.82, 2.24) is 4.90 Å². The minimum absolute atomic E-state index is 0.00534. The van der Waals surface area contributed by atoms with E-state index in [1.54, 1.807) is 38.1 Å². The highest BCUT2D eigenvalue weighted by Gasteiger charge is 2.34. The summed E-state index contributed by atoms with van der Waals surface area (Å²) in [5, 5.41) is 2.59. The molecule has 0 aliphatic carbocycles. The number of likely N-dealkylation sites (tertiary alicyclic amines) is 1. The summed E-state index contributed by atoms with van der Waals surface area (Å²) >= 11 is 3.57. The van der Waals surface area contributed by atoms with E-state index in [1.165, 1.54) is 0 Å². The lowest BCUT2D eigenvalue weighted by atomic mass is 9.98. The number of anilines is 1. The van der Waals surface area contributed by atoms with Gasteiger partial charge in [0.2, 0.25) is 0 Å². The second-order valence-corrected chi connectivity index (χ2v) is 7.47. The quantitative estimate of drug-likeness (QED) is 0.757. The molecule has 0 saturated carbocycles. The standard InChI is InChI=1S/C18H24BrFN2O2/c1-3-18(20,4-2)17(24)21-15-7-5-13(6-8-15)16(23)22-11-9-14(19)10-12-22/h5-8,14H,3-4,9-12H2,1-2H3,(H,21,24). The summed E-state index contributed by atoms with van der Waals surface area (Å²) in [6.45, 7) is 4.79. The lowest BCUT2D eigenvalue weighted by Crippen LogP contribution is -2.38. The van der Waals surface area contributed by atoms with Gasteiger partial charge in [-0.3, -0.25) is 9.59 Å². The van der Waals surface area contributed by atoms with Gasteiger partial charge in [0, 0.05) is 29.2 Å². The second-order valence-electron chi connectivity index (χ2n) is 6.17. The zero-order chi connectivity index (χ0) is 17.7. The maximum Gasteiger partial charge on any atom is 0.262 e. The molecular formula is C18H24BrFN2O2. The van der Waals surface area contributed by atoms with Crippen molar-refractivity contribution in [2.45, 2.75) is 50.0 Å². The molecule has 0 bridgehead atoms. The van der Waals surface area contributed by atoms with Crippen LogP contribution in [0.15, 0.2) is 24.3 Å². The molecule has 0 aromatic heterocycles. The summed E-state index contributed by atoms with van der Waals surface area (Å²) in [7, 11) is 0. The van der Waals surface area contributed by atoms with Crippen molar-refractivity contribution < 1.29 is 14.0 Å². The summed E-state index contributed by atoms with van der Waals surface area (Å²) in [5.41, 5.74) is -0.771. The van der Waals surface area contributed by atoms with E-state index in [2.05, 4.69) is 21.2 Å². The molecule has 132 valence electrons. The minimum Gasteiger partial charge on any atom is -0.339 e. The Morgan fingerprint density at radius 1 is 1.21 bits per heavy atom. The lowest BCUT2D eigenvalue weighted by Gasteiger charge is -2.29. The van der Waals surface area contributed by atoms with E-state index in [-0.39, 0.29) is 18.7 Å². The molecule has 0 unspecified atom stereocenters. The number of halogens is 2. The molecule has 24 heavy (non-hydrogen) atoms. The maximum atomic E-state index is 14.3. The predicted molar refractivity (Wildman–Crippen MR) is 97.3 cm³/mol. The van der Waals surface area contributed by atoms with E-state index in [1.807, 2.05) is 4.90 Å². The van der Waals surface area contributed by atoms with Crippen LogP contribution in [0.5, 0.6) is 0 Å². The van der Waals surface area contributed by atoms with E-state index >= 15 is 0 Å². The van der Waals surface area contributed by atoms with Gasteiger partial charge in [0.25, 0.3) is 11.8 Å². The van der Waals surface area contributed by atoms with Gasteiger partial charge in [-0.15, -0.1) is 0 Å². The normalized spacial score (nSPS) is 16.1. The summed E-state index contributed by atoms with van der Waals surface area (Å²) in [4.78, 5) is 26.8. The molecule has 1 N–H and O–H groups in total. The van der Waals surface area contributed by atoms with Crippen LogP contribution in [0.1, 0.15) is 49.9 Å². The molecule has 1 heterocycles. The van der Waals surface area contributed by atoms with E-state index < -0.39 is 11.6 Å². The number of benzene rings is 1. The number of nitrogens with zero attached hydrogens (tertiary/aromatic N) is 1. The number of nitrogens with one attached hydrogen (secondary N) is 1. The zero-order valence-corrected chi connectivity index (χ0v) is 15.7. The Kier molecular flexibility index (Phi) is 6.38. The fourth-order valence-electron chi connectivity index (χ4n) is 2.74. The summed E-state index contributed by atoms with van der Waals surface area (Å²) in [5.74, 6) is -0.639. The number of piperidine rings is 1. The minimum atomic E-state index is -1.85. The summed E-state index contributed by atoms with van der Waals surface area (Å²) in [6.07, 6.45) is 2.17. The Labute approximate surface area is 150 Å². The van der Waals surface area contributed by atoms with Crippen LogP contribution < -0.4 is 5.32 Å². The molecule has 1 fully saturated rings. The van der Waals surface area contributed by atoms with Crippen LogP contribution in [0.4, 0.5) is 10.1 Å². The van der Waals surface area contributed by atoms with Crippen molar-refractivity contribution in [3.8, 4) is 0 Å². The highest BCUT2D eigenvalue weighted by Crippen LogP contribution is 2.24. The maximum absolute atomic E-state index is 14.3. The molecule has 1 aliphatic rings. The fraction of sp³-hybridized carbons (Fsp3) is 0.556. The number of alkyl halides is 2. The Hall–Kier alpha value is -1.43. The second kappa shape index (κ2) is 8.10. The van der Waals surface area contributed by atoms with Gasteiger partial charge < -0.3 is 10.2 Å². The van der Waals surface area contributed by atoms with E-state index in [4.69, 9.17) is 0 Å². The third-order valence-corrected chi connectivity index (χ3v) is 5.54. The van der Waals surface area contributed by atoms with E-state index in [0.29, 0.717) is 16.1 Å². The molecule has 4 nitrogen and oxygen atoms in total. The number of hydrogen-bond acceptors (Lipinski definition) is 2. The van der Waals surface area contributed by atoms with Crippen LogP contribution in [-0.4, -0.2) is 40.3 Å². The first-order chi connectivity index (χ1) is 11.4. The van der Waals surface area contributed by atoms with Crippen LogP contribution in [0.25, 0.3) is 0 Å². The molecule has 1 aromatic carbocycles. The molecule has 0 atom stereocenters. The molecule has 1 aliphatic heterocycles. The van der Waals surface area contributed by atoms with E-state index in [9.17, 15) is 14.0 Å². The van der Waals surface area contributed by atoms with Crippen molar-refractivity contribution in [3.05, 3.63) is 29.8 Å². The lowest BCUT2D eigenvalue weighted by molar-refractivity contribution is -0.127. The molecule has 2 amide bonds. The number of carbonyl (C=O) groups excluding carboxylic acids is 2. The molecule has 2 rings (SSSR count). The van der Waals surface area contributed by atoms with Crippen molar-refractivity contribution in [1.29, 1.82) is 0 Å². The molecule has 0 radical (unpaired) electrons. The summed E-state index contributed by atoms with van der Waals surface area (Å²) < 4.78 is 14.3. The highest BCUT2D eigenvalue weighted by molar-refractivity contribution is 9.09. The van der Waals surface area contributed by atoms with Gasteiger partial charge in [0.05, 0.1) is 0 Å². The van der Waals surface area contributed by atoms with Gasteiger partial charge in [-0.1, -0.05) is 29.8 Å². The highest BCUT2D eigenvalue weighted by atomic mass is 79.9. The van der Waals surface area contributed by atoms with Gasteiger partial charge in [-0.25, -0.2) is 4.39 Å². The molecular weight excluding hydrogens is 375 g/mol. The Morgan fingerprint density at radius 3 is 2.25 bits per heavy atom. The average Bonchev–Trinajstić information content (AvgIpc) is 2.61. The smallest absolute Gasteiger partial charge is 0.262 e. The Bertz CT molecular complexity index is 579. The third-order valence-electron chi connectivity index (χ3n) is 4.63. The van der Waals surface area contributed by atoms with Gasteiger partial charge in [-0.2, -0.15) is 0 Å². The van der Waals surface area contributed by atoms with Crippen molar-refractivity contribution >= 4 is 33.4 Å². The number of carbonyl (C=O) groups is 2. The Morgan fingerprint density at radius 2 is 1.75 bits per heavy atom. The van der Waals surface area contributed by atoms with E-state index in [0.717, 1.165) is 25.9 Å². The van der Waals surface area contributed by atoms with Gasteiger partial charge in [-0.05, 0) is 49.9 Å². The first kappa shape index (κ1) is 18.9. The Balaban J connectivity index is 2.00. The summed E-state index contributed by atoms with van der Waals surface area (Å²) in [6, 6.07) is 6.65. The number of amides is 2. The van der Waals surface area contributed by atoms with Crippen LogP contribution >= 0.6 is 15.9 Å². The van der Waals surface area contributed by atoms with Crippen molar-refractivity contribution in [2.24, 2.45) is 0 Å². The topological polar surface area (TPSA) is 49.4 Å². The predicted octanol–water partition coefficient (Wildman–Crippen LogP) is 4.15. The van der Waals surface area contributed by atoms with Crippen LogP contribution in [0, 0.1) is 0 Å². The van der Waals surface area contributed by atoms with Crippen molar-refractivity contribution in [3.63, 3.8) is 0 Å². The van der Waals surface area contributed by atoms with Crippen LogP contribution in [0.2, 0.25) is 0 Å². The van der Waals surface area contributed by atoms with Gasteiger partial charge in [0.1, 0.15) is 0 Å². The molecule has 1 aromatic rings. The van der Waals surface area contributed by atoms with Gasteiger partial charge >= 0.3 is 0 Å². The molecule has 1 saturated heterocycles. The van der Waals surface area contributed by atoms with Crippen molar-refractivity contribution in [2.75, 3.05) is 18.4 Å². The van der Waals surface area contributed by atoms with Crippen LogP contribution in [0.3, 0.4) is 0 Å². The monoisotopic (exact) mass is 398 g/mol.